The number of rotatable bonds is 4. The van der Waals surface area contributed by atoms with Gasteiger partial charge in [-0.15, -0.1) is 0 Å². The number of hydrogen-bond acceptors (Lipinski definition) is 6. The van der Waals surface area contributed by atoms with Gasteiger partial charge in [-0.05, 0) is 38.2 Å². The van der Waals surface area contributed by atoms with Gasteiger partial charge in [0.25, 0.3) is 0 Å². The largest absolute Gasteiger partial charge is 0.370 e. The van der Waals surface area contributed by atoms with Gasteiger partial charge in [0, 0.05) is 64.2 Å². The second kappa shape index (κ2) is 8.83. The minimum absolute atomic E-state index is 0.190. The lowest BCUT2D eigenvalue weighted by Crippen LogP contribution is -2.52. The Kier molecular flexibility index (Phi) is 5.90. The van der Waals surface area contributed by atoms with Gasteiger partial charge in [0.2, 0.25) is 11.8 Å². The Morgan fingerprint density at radius 3 is 2.69 bits per heavy atom. The first-order chi connectivity index (χ1) is 15.5. The van der Waals surface area contributed by atoms with Gasteiger partial charge in [0.15, 0.2) is 0 Å². The molecule has 3 aliphatic heterocycles. The number of aromatic nitrogens is 2. The van der Waals surface area contributed by atoms with E-state index in [0.29, 0.717) is 18.9 Å². The zero-order valence-corrected chi connectivity index (χ0v) is 19.1. The Morgan fingerprint density at radius 2 is 1.94 bits per heavy atom. The molecule has 172 valence electrons. The van der Waals surface area contributed by atoms with Crippen LogP contribution in [0.15, 0.2) is 18.2 Å². The number of imide groups is 1. The number of piperidine rings is 2. The Morgan fingerprint density at radius 1 is 1.12 bits per heavy atom. The average molecular weight is 439 g/mol. The van der Waals surface area contributed by atoms with E-state index in [1.165, 1.54) is 25.1 Å². The maximum atomic E-state index is 12.5. The van der Waals surface area contributed by atoms with E-state index in [-0.39, 0.29) is 17.7 Å². The number of carbonyl (C=O) groups excluding carboxylic acids is 2. The molecule has 2 amide bonds. The molecule has 5 rings (SSSR count). The van der Waals surface area contributed by atoms with Crippen LogP contribution >= 0.6 is 0 Å². The third kappa shape index (κ3) is 4.01. The SMILES string of the molecule is C[C@H]1CNCCN1CC1CCN(c2cccc3c(C4CCC(=O)NC4=O)nn(C)c23)CC1. The first-order valence-electron chi connectivity index (χ1n) is 12.0. The summed E-state index contributed by atoms with van der Waals surface area (Å²) in [6, 6.07) is 6.93. The van der Waals surface area contributed by atoms with Gasteiger partial charge in [0.05, 0.1) is 22.8 Å². The number of benzene rings is 1. The van der Waals surface area contributed by atoms with Gasteiger partial charge in [0.1, 0.15) is 0 Å². The molecule has 8 nitrogen and oxygen atoms in total. The number of amides is 2. The molecule has 32 heavy (non-hydrogen) atoms. The first kappa shape index (κ1) is 21.4. The average Bonchev–Trinajstić information content (AvgIpc) is 3.12. The molecule has 1 unspecified atom stereocenters. The van der Waals surface area contributed by atoms with Crippen molar-refractivity contribution in [3.8, 4) is 0 Å². The van der Waals surface area contributed by atoms with Crippen molar-refractivity contribution in [1.29, 1.82) is 0 Å². The molecule has 0 saturated carbocycles. The molecule has 2 atom stereocenters. The lowest BCUT2D eigenvalue weighted by atomic mass is 9.92. The van der Waals surface area contributed by atoms with E-state index in [4.69, 9.17) is 5.10 Å². The number of carbonyl (C=O) groups is 2. The monoisotopic (exact) mass is 438 g/mol. The number of piperazine rings is 1. The van der Waals surface area contributed by atoms with Crippen molar-refractivity contribution in [3.63, 3.8) is 0 Å². The summed E-state index contributed by atoms with van der Waals surface area (Å²) in [7, 11) is 1.96. The van der Waals surface area contributed by atoms with Crippen LogP contribution in [-0.4, -0.2) is 71.8 Å². The van der Waals surface area contributed by atoms with Crippen LogP contribution in [0, 0.1) is 5.92 Å². The Hall–Kier alpha value is -2.45. The highest BCUT2D eigenvalue weighted by atomic mass is 16.2. The zero-order chi connectivity index (χ0) is 22.2. The summed E-state index contributed by atoms with van der Waals surface area (Å²) < 4.78 is 1.91. The van der Waals surface area contributed by atoms with E-state index in [0.717, 1.165) is 55.2 Å². The molecule has 1 aromatic carbocycles. The lowest BCUT2D eigenvalue weighted by molar-refractivity contribution is -0.134. The first-order valence-corrected chi connectivity index (χ1v) is 12.0. The van der Waals surface area contributed by atoms with Crippen LogP contribution in [0.3, 0.4) is 0 Å². The molecule has 8 heteroatoms. The molecular weight excluding hydrogens is 404 g/mol. The third-order valence-corrected chi connectivity index (χ3v) is 7.53. The molecule has 4 heterocycles. The summed E-state index contributed by atoms with van der Waals surface area (Å²) in [5.74, 6) is -0.0325. The Bertz CT molecular complexity index is 1010. The van der Waals surface area contributed by atoms with Crippen LogP contribution in [0.25, 0.3) is 10.9 Å². The summed E-state index contributed by atoms with van der Waals surface area (Å²) in [4.78, 5) is 29.2. The number of nitrogens with zero attached hydrogens (tertiary/aromatic N) is 4. The van der Waals surface area contributed by atoms with Crippen LogP contribution in [0.1, 0.15) is 44.2 Å². The zero-order valence-electron chi connectivity index (χ0n) is 19.1. The van der Waals surface area contributed by atoms with Crippen LogP contribution < -0.4 is 15.5 Å². The number of anilines is 1. The van der Waals surface area contributed by atoms with E-state index in [2.05, 4.69) is 45.6 Å². The van der Waals surface area contributed by atoms with Crippen molar-refractivity contribution in [3.05, 3.63) is 23.9 Å². The van der Waals surface area contributed by atoms with Crippen molar-refractivity contribution in [2.45, 2.75) is 44.6 Å². The summed E-state index contributed by atoms with van der Waals surface area (Å²) in [6.07, 6.45) is 3.29. The Balaban J connectivity index is 1.33. The minimum Gasteiger partial charge on any atom is -0.370 e. The van der Waals surface area contributed by atoms with Gasteiger partial charge in [-0.2, -0.15) is 5.10 Å². The molecule has 0 radical (unpaired) electrons. The molecular formula is C24H34N6O2. The van der Waals surface area contributed by atoms with Crippen molar-refractivity contribution >= 4 is 28.4 Å². The number of para-hydroxylation sites is 1. The summed E-state index contributed by atoms with van der Waals surface area (Å²) in [6.45, 7) is 8.96. The smallest absolute Gasteiger partial charge is 0.235 e. The lowest BCUT2D eigenvalue weighted by Gasteiger charge is -2.40. The van der Waals surface area contributed by atoms with Crippen LogP contribution in [0.4, 0.5) is 5.69 Å². The van der Waals surface area contributed by atoms with Crippen LogP contribution in [0.5, 0.6) is 0 Å². The van der Waals surface area contributed by atoms with E-state index in [1.54, 1.807) is 0 Å². The van der Waals surface area contributed by atoms with Gasteiger partial charge in [-0.1, -0.05) is 12.1 Å². The maximum Gasteiger partial charge on any atom is 0.235 e. The van der Waals surface area contributed by atoms with Crippen molar-refractivity contribution in [2.75, 3.05) is 44.2 Å². The second-order valence-corrected chi connectivity index (χ2v) is 9.66. The standard InChI is InChI=1S/C24H34N6O2/c1-16-14-25-10-13-30(16)15-17-8-11-29(12-9-17)20-5-3-4-18-22(27-28(2)23(18)20)19-6-7-21(31)26-24(19)32/h3-5,16-17,19,25H,6-15H2,1-2H3,(H,26,31,32)/t16-,19?/m0/s1. The minimum atomic E-state index is -0.363. The summed E-state index contributed by atoms with van der Waals surface area (Å²) >= 11 is 0. The second-order valence-electron chi connectivity index (χ2n) is 9.66. The highest BCUT2D eigenvalue weighted by Gasteiger charge is 2.33. The van der Waals surface area contributed by atoms with E-state index >= 15 is 0 Å². The number of fused-ring (bicyclic) bond motifs is 1. The van der Waals surface area contributed by atoms with Gasteiger partial charge in [-0.3, -0.25) is 24.5 Å². The fourth-order valence-corrected chi connectivity index (χ4v) is 5.65. The van der Waals surface area contributed by atoms with Crippen molar-refractivity contribution in [1.82, 2.24) is 25.3 Å². The van der Waals surface area contributed by atoms with Gasteiger partial charge < -0.3 is 10.2 Å². The van der Waals surface area contributed by atoms with E-state index in [1.807, 2.05) is 11.7 Å². The topological polar surface area (TPSA) is 82.5 Å². The normalized spacial score (nSPS) is 26.0. The molecule has 0 spiro atoms. The fourth-order valence-electron chi connectivity index (χ4n) is 5.65. The predicted molar refractivity (Wildman–Crippen MR) is 125 cm³/mol. The van der Waals surface area contributed by atoms with Gasteiger partial charge in [-0.25, -0.2) is 0 Å². The van der Waals surface area contributed by atoms with Gasteiger partial charge >= 0.3 is 0 Å². The number of aryl methyl sites for hydroxylation is 1. The number of hydrogen-bond donors (Lipinski definition) is 2. The molecule has 3 saturated heterocycles. The molecule has 0 aliphatic carbocycles. The summed E-state index contributed by atoms with van der Waals surface area (Å²) in [5, 5.41) is 11.7. The highest BCUT2D eigenvalue weighted by Crippen LogP contribution is 2.36. The number of nitrogens with one attached hydrogen (secondary N) is 2. The summed E-state index contributed by atoms with van der Waals surface area (Å²) in [5.41, 5.74) is 3.07. The molecule has 1 aromatic heterocycles. The van der Waals surface area contributed by atoms with Crippen LogP contribution in [0.2, 0.25) is 0 Å². The molecule has 3 fully saturated rings. The molecule has 0 bridgehead atoms. The van der Waals surface area contributed by atoms with E-state index in [9.17, 15) is 9.59 Å². The predicted octanol–water partition coefficient (Wildman–Crippen LogP) is 1.60. The van der Waals surface area contributed by atoms with Crippen molar-refractivity contribution < 1.29 is 9.59 Å². The van der Waals surface area contributed by atoms with E-state index < -0.39 is 0 Å². The highest BCUT2D eigenvalue weighted by molar-refractivity contribution is 6.03. The van der Waals surface area contributed by atoms with Crippen molar-refractivity contribution in [2.24, 2.45) is 13.0 Å². The molecule has 2 N–H and O–H groups in total. The maximum absolute atomic E-state index is 12.5. The van der Waals surface area contributed by atoms with Crippen LogP contribution in [-0.2, 0) is 16.6 Å². The fraction of sp³-hybridized carbons (Fsp3) is 0.625. The quantitative estimate of drug-likeness (QED) is 0.706. The Labute approximate surface area is 189 Å². The molecule has 2 aromatic rings. The molecule has 3 aliphatic rings. The third-order valence-electron chi connectivity index (χ3n) is 7.53.